The van der Waals surface area contributed by atoms with E-state index >= 15 is 0 Å². The molecule has 0 fully saturated rings. The average molecular weight is 186 g/mol. The van der Waals surface area contributed by atoms with Gasteiger partial charge in [0.2, 0.25) is 0 Å². The normalized spacial score (nSPS) is 10.5. The topological polar surface area (TPSA) is 43.4 Å². The molecule has 0 heterocycles. The van der Waals surface area contributed by atoms with Crippen LogP contribution >= 0.6 is 0 Å². The van der Waals surface area contributed by atoms with Gasteiger partial charge < -0.3 is 4.74 Å². The zero-order chi connectivity index (χ0) is 10.3. The molecule has 0 saturated carbocycles. The van der Waals surface area contributed by atoms with Crippen molar-refractivity contribution in [3.05, 3.63) is 0 Å². The van der Waals surface area contributed by atoms with Crippen molar-refractivity contribution in [1.82, 2.24) is 0 Å². The highest BCUT2D eigenvalue weighted by Crippen LogP contribution is 2.01. The van der Waals surface area contributed by atoms with Crippen LogP contribution < -0.4 is 0 Å². The summed E-state index contributed by atoms with van der Waals surface area (Å²) >= 11 is 0. The molecule has 0 aromatic carbocycles. The summed E-state index contributed by atoms with van der Waals surface area (Å²) in [6, 6.07) is 0. The molecule has 0 aliphatic carbocycles. The molecule has 0 atom stereocenters. The molecule has 0 bridgehead atoms. The Balaban J connectivity index is 3.56. The van der Waals surface area contributed by atoms with Gasteiger partial charge in [-0.05, 0) is 6.92 Å². The molecule has 0 aliphatic heterocycles. The summed E-state index contributed by atoms with van der Waals surface area (Å²) < 4.78 is 5.01. The molecule has 0 unspecified atom stereocenters. The summed E-state index contributed by atoms with van der Waals surface area (Å²) in [6.45, 7) is 6.53. The molecular formula is C10H18O3. The van der Waals surface area contributed by atoms with Gasteiger partial charge in [-0.2, -0.15) is 0 Å². The van der Waals surface area contributed by atoms with E-state index in [0.29, 0.717) is 19.6 Å². The van der Waals surface area contributed by atoms with E-state index in [1.165, 1.54) is 0 Å². The monoisotopic (exact) mass is 186 g/mol. The van der Waals surface area contributed by atoms with Crippen LogP contribution in [0.5, 0.6) is 0 Å². The second-order valence-electron chi connectivity index (χ2n) is 3.28. The molecule has 13 heavy (non-hydrogen) atoms. The van der Waals surface area contributed by atoms with Crippen LogP contribution in [0.2, 0.25) is 0 Å². The van der Waals surface area contributed by atoms with Gasteiger partial charge in [-0.25, -0.2) is 0 Å². The summed E-state index contributed by atoms with van der Waals surface area (Å²) in [5.74, 6) is -0.0512. The van der Waals surface area contributed by atoms with E-state index in [1.807, 2.05) is 6.92 Å². The third-order valence-corrected chi connectivity index (χ3v) is 1.74. The van der Waals surface area contributed by atoms with Crippen LogP contribution in [0.15, 0.2) is 0 Å². The maximum Gasteiger partial charge on any atom is 0.142 e. The largest absolute Gasteiger partial charge is 0.381 e. The summed E-state index contributed by atoms with van der Waals surface area (Å²) in [7, 11) is 0. The van der Waals surface area contributed by atoms with E-state index in [2.05, 4.69) is 0 Å². The van der Waals surface area contributed by atoms with Gasteiger partial charge in [-0.3, -0.25) is 9.59 Å². The van der Waals surface area contributed by atoms with E-state index < -0.39 is 0 Å². The lowest BCUT2D eigenvalue weighted by molar-refractivity contribution is -0.129. The van der Waals surface area contributed by atoms with E-state index in [0.717, 1.165) is 0 Å². The number of carbonyl (C=O) groups excluding carboxylic acids is 2. The zero-order valence-electron chi connectivity index (χ0n) is 8.63. The smallest absolute Gasteiger partial charge is 0.142 e. The molecule has 0 N–H and O–H groups in total. The van der Waals surface area contributed by atoms with Crippen LogP contribution in [0.3, 0.4) is 0 Å². The maximum atomic E-state index is 11.1. The predicted octanol–water partition coefficient (Wildman–Crippen LogP) is 1.60. The van der Waals surface area contributed by atoms with Gasteiger partial charge in [0.25, 0.3) is 0 Å². The van der Waals surface area contributed by atoms with Crippen LogP contribution in [0, 0.1) is 5.92 Å². The molecule has 0 aromatic rings. The Labute approximate surface area is 79.5 Å². The van der Waals surface area contributed by atoms with Gasteiger partial charge >= 0.3 is 0 Å². The molecular weight excluding hydrogens is 168 g/mol. The van der Waals surface area contributed by atoms with E-state index in [-0.39, 0.29) is 23.9 Å². The average Bonchev–Trinajstić information content (AvgIpc) is 2.04. The summed E-state index contributed by atoms with van der Waals surface area (Å²) in [6.07, 6.45) is 0.414. The summed E-state index contributed by atoms with van der Waals surface area (Å²) in [5.41, 5.74) is 0. The van der Waals surface area contributed by atoms with Crippen molar-refractivity contribution in [3.8, 4) is 0 Å². The van der Waals surface area contributed by atoms with E-state index in [1.54, 1.807) is 13.8 Å². The molecule has 0 aliphatic rings. The lowest BCUT2D eigenvalue weighted by Gasteiger charge is -2.03. The number of carbonyl (C=O) groups is 2. The molecule has 0 aromatic heterocycles. The third-order valence-electron chi connectivity index (χ3n) is 1.74. The lowest BCUT2D eigenvalue weighted by atomic mass is 10.0. The Morgan fingerprint density at radius 2 is 1.92 bits per heavy atom. The first-order valence-electron chi connectivity index (χ1n) is 4.70. The summed E-state index contributed by atoms with van der Waals surface area (Å²) in [4.78, 5) is 22.3. The van der Waals surface area contributed by atoms with Gasteiger partial charge in [0, 0.05) is 18.9 Å². The fourth-order valence-electron chi connectivity index (χ4n) is 0.817. The minimum Gasteiger partial charge on any atom is -0.381 e. The minimum atomic E-state index is -0.0453. The van der Waals surface area contributed by atoms with Crippen LogP contribution in [0.1, 0.15) is 33.6 Å². The zero-order valence-corrected chi connectivity index (χ0v) is 8.63. The van der Waals surface area contributed by atoms with Gasteiger partial charge in [0.15, 0.2) is 0 Å². The number of hydrogen-bond donors (Lipinski definition) is 0. The Kier molecular flexibility index (Phi) is 6.41. The molecule has 3 nitrogen and oxygen atoms in total. The number of Topliss-reactive ketones (excluding diaryl/α,β-unsaturated/α-hetero) is 2. The maximum absolute atomic E-state index is 11.1. The lowest BCUT2D eigenvalue weighted by Crippen LogP contribution is -2.14. The van der Waals surface area contributed by atoms with Crippen LogP contribution in [0.25, 0.3) is 0 Å². The van der Waals surface area contributed by atoms with Gasteiger partial charge in [0.1, 0.15) is 11.6 Å². The molecule has 0 spiro atoms. The second-order valence-corrected chi connectivity index (χ2v) is 3.28. The van der Waals surface area contributed by atoms with E-state index in [4.69, 9.17) is 4.74 Å². The Morgan fingerprint density at radius 1 is 1.31 bits per heavy atom. The fourth-order valence-corrected chi connectivity index (χ4v) is 0.817. The number of ether oxygens (including phenoxy) is 1. The Hall–Kier alpha value is -0.700. The molecule has 0 amide bonds. The van der Waals surface area contributed by atoms with Crippen molar-refractivity contribution in [2.45, 2.75) is 33.6 Å². The summed E-state index contributed by atoms with van der Waals surface area (Å²) in [5, 5.41) is 0. The third kappa shape index (κ3) is 6.46. The highest BCUT2D eigenvalue weighted by atomic mass is 16.5. The highest BCUT2D eigenvalue weighted by molar-refractivity contribution is 5.99. The van der Waals surface area contributed by atoms with Crippen molar-refractivity contribution in [1.29, 1.82) is 0 Å². The molecule has 0 radical (unpaired) electrons. The number of ketones is 2. The van der Waals surface area contributed by atoms with Gasteiger partial charge in [-0.1, -0.05) is 13.8 Å². The molecule has 76 valence electrons. The fraction of sp³-hybridized carbons (Fsp3) is 0.800. The van der Waals surface area contributed by atoms with Crippen molar-refractivity contribution < 1.29 is 14.3 Å². The van der Waals surface area contributed by atoms with E-state index in [9.17, 15) is 9.59 Å². The first-order chi connectivity index (χ1) is 6.07. The predicted molar refractivity (Wildman–Crippen MR) is 50.6 cm³/mol. The minimum absolute atomic E-state index is 0.0153. The molecule has 0 saturated heterocycles. The van der Waals surface area contributed by atoms with Crippen molar-refractivity contribution >= 4 is 11.6 Å². The van der Waals surface area contributed by atoms with Crippen molar-refractivity contribution in [2.24, 2.45) is 5.92 Å². The van der Waals surface area contributed by atoms with Gasteiger partial charge in [0.05, 0.1) is 13.0 Å². The van der Waals surface area contributed by atoms with Crippen LogP contribution in [0.4, 0.5) is 0 Å². The van der Waals surface area contributed by atoms with Crippen LogP contribution in [-0.2, 0) is 14.3 Å². The second kappa shape index (κ2) is 6.78. The highest BCUT2D eigenvalue weighted by Gasteiger charge is 2.12. The van der Waals surface area contributed by atoms with Crippen molar-refractivity contribution in [2.75, 3.05) is 13.2 Å². The SMILES string of the molecule is CCOCCC(=O)CC(=O)C(C)C. The first-order valence-corrected chi connectivity index (χ1v) is 4.70. The van der Waals surface area contributed by atoms with Crippen molar-refractivity contribution in [3.63, 3.8) is 0 Å². The number of rotatable bonds is 7. The van der Waals surface area contributed by atoms with Gasteiger partial charge in [-0.15, -0.1) is 0 Å². The molecule has 3 heteroatoms. The quantitative estimate of drug-likeness (QED) is 0.448. The Morgan fingerprint density at radius 3 is 2.38 bits per heavy atom. The molecule has 0 rings (SSSR count). The first kappa shape index (κ1) is 12.3. The number of hydrogen-bond acceptors (Lipinski definition) is 3. The van der Waals surface area contributed by atoms with Crippen LogP contribution in [-0.4, -0.2) is 24.8 Å². The Bertz CT molecular complexity index is 173. The standard InChI is InChI=1S/C10H18O3/c1-4-13-6-5-9(11)7-10(12)8(2)3/h8H,4-7H2,1-3H3.